The highest BCUT2D eigenvalue weighted by atomic mass is 16.5. The molecule has 8 aromatic rings. The monoisotopic (exact) mass is 904 g/mol. The lowest BCUT2D eigenvalue weighted by atomic mass is 9.91. The van der Waals surface area contributed by atoms with E-state index in [9.17, 15) is 0 Å². The minimum Gasteiger partial charge on any atom is -0.453 e. The topological polar surface area (TPSA) is 282 Å². The van der Waals surface area contributed by atoms with Crippen LogP contribution in [-0.4, -0.2) is 0 Å². The van der Waals surface area contributed by atoms with Gasteiger partial charge in [0.1, 0.15) is 46.0 Å². The zero-order valence-electron chi connectivity index (χ0n) is 36.0. The van der Waals surface area contributed by atoms with Gasteiger partial charge in [0.05, 0.1) is 45.5 Å². The average Bonchev–Trinajstić information content (AvgIpc) is 3.44. The predicted molar refractivity (Wildman–Crippen MR) is 259 cm³/mol. The van der Waals surface area contributed by atoms with Crippen LogP contribution in [0.4, 0.5) is 45.5 Å². The first-order chi connectivity index (χ1) is 32.8. The number of nitrogen functional groups attached to an aromatic ring is 8. The predicted octanol–water partition coefficient (Wildman–Crippen LogP) is 10.6. The third-order valence-electron chi connectivity index (χ3n) is 12.9. The summed E-state index contributed by atoms with van der Waals surface area (Å²) in [7, 11) is 0. The summed E-state index contributed by atoms with van der Waals surface area (Å²) in [4.78, 5) is 0. The van der Waals surface area contributed by atoms with E-state index in [1.807, 2.05) is 24.3 Å². The van der Waals surface area contributed by atoms with Gasteiger partial charge >= 0.3 is 0 Å². The fourth-order valence-electron chi connectivity index (χ4n) is 9.27. The molecule has 8 aromatic carbocycles. The summed E-state index contributed by atoms with van der Waals surface area (Å²) >= 11 is 0. The second-order valence-corrected chi connectivity index (χ2v) is 17.5. The Morgan fingerprint density at radius 2 is 0.309 bits per heavy atom. The smallest absolute Gasteiger partial charge is 0.172 e. The van der Waals surface area contributed by atoms with Crippen molar-refractivity contribution in [1.82, 2.24) is 0 Å². The fourth-order valence-corrected chi connectivity index (χ4v) is 9.27. The number of nitrogens with two attached hydrogens (primary N) is 8. The van der Waals surface area contributed by atoms with E-state index in [0.29, 0.717) is 163 Å². The Bertz CT molecular complexity index is 2920. The summed E-state index contributed by atoms with van der Waals surface area (Å²) in [5.74, 6) is 6.43. The number of hydrogen-bond acceptors (Lipinski definition) is 16. The van der Waals surface area contributed by atoms with Crippen LogP contribution in [0.5, 0.6) is 92.0 Å². The molecule has 5 aliphatic rings. The molecular formula is C52H40N8O8. The van der Waals surface area contributed by atoms with Gasteiger partial charge in [0.15, 0.2) is 46.0 Å². The number of fused-ring (bicyclic) bond motifs is 4. The molecule has 0 saturated heterocycles. The molecule has 4 aliphatic heterocycles. The van der Waals surface area contributed by atoms with E-state index in [0.717, 1.165) is 44.5 Å². The van der Waals surface area contributed by atoms with Crippen LogP contribution in [-0.2, 0) is 25.7 Å². The maximum absolute atomic E-state index is 6.79. The van der Waals surface area contributed by atoms with Crippen molar-refractivity contribution in [2.24, 2.45) is 0 Å². The first-order valence-corrected chi connectivity index (χ1v) is 21.6. The number of rotatable bonds is 0. The third-order valence-corrected chi connectivity index (χ3v) is 12.9. The molecule has 0 radical (unpaired) electrons. The Hall–Kier alpha value is -9.44. The van der Waals surface area contributed by atoms with E-state index < -0.39 is 0 Å². The maximum Gasteiger partial charge on any atom is 0.172 e. The second-order valence-electron chi connectivity index (χ2n) is 17.5. The molecule has 0 saturated carbocycles. The lowest BCUT2D eigenvalue weighted by molar-refractivity contribution is 0.400. The minimum atomic E-state index is 0.307. The summed E-state index contributed by atoms with van der Waals surface area (Å²) in [5.41, 5.74) is 60.3. The SMILES string of the molecule is Nc1cc2c(cc1N)Oc1cc3c4cc1Cc1cc5c(cc1O2)Oc1cc(N)c(N)cc1Oc1cc2c(cc1C5)Cc1cc(c(cc1Oc1cc(N)c(N)cc1O2)Oc1cc(N)c(N)cc1O3)C4. The molecule has 16 heteroatoms. The molecule has 0 amide bonds. The molecule has 13 rings (SSSR count). The van der Waals surface area contributed by atoms with Gasteiger partial charge in [-0.05, 0) is 68.8 Å². The van der Waals surface area contributed by atoms with Gasteiger partial charge in [0.25, 0.3) is 0 Å². The second kappa shape index (κ2) is 14.0. The van der Waals surface area contributed by atoms with Crippen molar-refractivity contribution in [1.29, 1.82) is 0 Å². The minimum absolute atomic E-state index is 0.307. The molecule has 16 nitrogen and oxygen atoms in total. The van der Waals surface area contributed by atoms with Gasteiger partial charge in [0.2, 0.25) is 0 Å². The molecule has 0 fully saturated rings. The molecule has 0 unspecified atom stereocenters. The molecule has 1 aliphatic carbocycles. The number of hydrogen-bond donors (Lipinski definition) is 8. The Kier molecular flexibility index (Phi) is 8.04. The van der Waals surface area contributed by atoms with Gasteiger partial charge in [-0.25, -0.2) is 0 Å². The fraction of sp³-hybridized carbons (Fsp3) is 0.0769. The number of anilines is 8. The summed E-state index contributed by atoms with van der Waals surface area (Å²) in [5, 5.41) is 0. The van der Waals surface area contributed by atoms with Gasteiger partial charge in [0, 0.05) is 98.5 Å². The van der Waals surface area contributed by atoms with E-state index in [2.05, 4.69) is 24.3 Å². The summed E-state index contributed by atoms with van der Waals surface area (Å²) in [6.45, 7) is 0. The van der Waals surface area contributed by atoms with E-state index in [4.69, 9.17) is 83.8 Å². The lowest BCUT2D eigenvalue weighted by Crippen LogP contribution is -2.03. The maximum atomic E-state index is 6.79. The number of ether oxygens (including phenoxy) is 8. The molecule has 4 heterocycles. The normalized spacial score (nSPS) is 13.9. The molecule has 8 bridgehead atoms. The van der Waals surface area contributed by atoms with Crippen LogP contribution < -0.4 is 83.8 Å². The van der Waals surface area contributed by atoms with E-state index in [1.54, 1.807) is 48.5 Å². The van der Waals surface area contributed by atoms with Gasteiger partial charge in [-0.2, -0.15) is 0 Å². The van der Waals surface area contributed by atoms with Crippen molar-refractivity contribution < 1.29 is 37.9 Å². The summed E-state index contributed by atoms with van der Waals surface area (Å²) in [6.07, 6.45) is 1.38. The highest BCUT2D eigenvalue weighted by molar-refractivity contribution is 5.76. The van der Waals surface area contributed by atoms with Crippen molar-refractivity contribution in [3.8, 4) is 92.0 Å². The van der Waals surface area contributed by atoms with Crippen LogP contribution in [0.25, 0.3) is 0 Å². The zero-order valence-corrected chi connectivity index (χ0v) is 36.0. The van der Waals surface area contributed by atoms with Crippen LogP contribution in [0.1, 0.15) is 44.5 Å². The highest BCUT2D eigenvalue weighted by Crippen LogP contribution is 2.53. The molecule has 0 spiro atoms. The van der Waals surface area contributed by atoms with Crippen LogP contribution in [0.3, 0.4) is 0 Å². The van der Waals surface area contributed by atoms with Crippen molar-refractivity contribution >= 4 is 45.5 Å². The van der Waals surface area contributed by atoms with Crippen LogP contribution in [0.2, 0.25) is 0 Å². The first-order valence-electron chi connectivity index (χ1n) is 21.6. The van der Waals surface area contributed by atoms with Crippen molar-refractivity contribution in [2.75, 3.05) is 45.9 Å². The third kappa shape index (κ3) is 6.29. The van der Waals surface area contributed by atoms with Crippen LogP contribution in [0.15, 0.2) is 97.1 Å². The molecule has 16 N–H and O–H groups in total. The quantitative estimate of drug-likeness (QED) is 0.0657. The largest absolute Gasteiger partial charge is 0.453 e. The Labute approximate surface area is 387 Å². The van der Waals surface area contributed by atoms with Gasteiger partial charge < -0.3 is 83.8 Å². The van der Waals surface area contributed by atoms with Gasteiger partial charge in [-0.15, -0.1) is 0 Å². The van der Waals surface area contributed by atoms with Gasteiger partial charge in [-0.3, -0.25) is 0 Å². The first kappa shape index (κ1) is 39.0. The Morgan fingerprint density at radius 1 is 0.176 bits per heavy atom. The molecule has 336 valence electrons. The van der Waals surface area contributed by atoms with E-state index >= 15 is 0 Å². The Morgan fingerprint density at radius 3 is 0.441 bits per heavy atom. The standard InChI is InChI=1S/C52H40N8O8/c53-29-9-45-46(10-30(29)54)62-38-18-40-24-3-26-8-28-4-27-7-25-2-23-5-21(1-22(38)6-24)37(61-45)17-39(23)63-47-11-31(55)33(57)13-49(47)65-41(25)19-43(27)67-51-15-35(59)36(60)16-52(51)68-44(28)20-42(26)66-50-14-34(58)32(56)12-48(50)64-40/h5-20H,1-4,53-60H2. The Balaban J connectivity index is 1.14. The summed E-state index contributed by atoms with van der Waals surface area (Å²) in [6, 6.07) is 28.8. The average molecular weight is 905 g/mol. The zero-order chi connectivity index (χ0) is 46.3. The molecule has 0 aromatic heterocycles. The lowest BCUT2D eigenvalue weighted by Gasteiger charge is -2.19. The van der Waals surface area contributed by atoms with E-state index in [-0.39, 0.29) is 0 Å². The summed E-state index contributed by atoms with van der Waals surface area (Å²) < 4.78 is 54.4. The molecule has 0 atom stereocenters. The van der Waals surface area contributed by atoms with Crippen LogP contribution >= 0.6 is 0 Å². The van der Waals surface area contributed by atoms with Crippen molar-refractivity contribution in [2.45, 2.75) is 25.7 Å². The van der Waals surface area contributed by atoms with Crippen molar-refractivity contribution in [3.63, 3.8) is 0 Å². The van der Waals surface area contributed by atoms with Crippen molar-refractivity contribution in [3.05, 3.63) is 142 Å². The van der Waals surface area contributed by atoms with Gasteiger partial charge in [-0.1, -0.05) is 0 Å². The molecule has 68 heavy (non-hydrogen) atoms. The molecular weight excluding hydrogens is 865 g/mol. The van der Waals surface area contributed by atoms with E-state index in [1.165, 1.54) is 0 Å². The van der Waals surface area contributed by atoms with Crippen LogP contribution in [0, 0.1) is 0 Å². The number of benzene rings is 8. The highest BCUT2D eigenvalue weighted by Gasteiger charge is 2.30.